The molecule has 1 amide bonds. The van der Waals surface area contributed by atoms with Crippen molar-refractivity contribution in [2.75, 3.05) is 42.9 Å². The zero-order chi connectivity index (χ0) is 17.9. The molecule has 1 fully saturated rings. The van der Waals surface area contributed by atoms with Crippen LogP contribution in [-0.4, -0.2) is 52.3 Å². The van der Waals surface area contributed by atoms with Gasteiger partial charge in [-0.05, 0) is 36.4 Å². The van der Waals surface area contributed by atoms with Gasteiger partial charge in [-0.2, -0.15) is 8.75 Å². The average Bonchev–Trinajstić information content (AvgIpc) is 3.13. The summed E-state index contributed by atoms with van der Waals surface area (Å²) in [6.45, 7) is 3.85. The van der Waals surface area contributed by atoms with E-state index in [4.69, 9.17) is 11.6 Å². The molecule has 0 aliphatic carbocycles. The van der Waals surface area contributed by atoms with E-state index < -0.39 is 0 Å². The van der Waals surface area contributed by atoms with Gasteiger partial charge in [0, 0.05) is 36.9 Å². The van der Waals surface area contributed by atoms with Crippen LogP contribution in [0.2, 0.25) is 5.02 Å². The Hall–Kier alpha value is -2.22. The predicted octanol–water partition coefficient (Wildman–Crippen LogP) is 3.11. The van der Waals surface area contributed by atoms with Crippen molar-refractivity contribution in [1.29, 1.82) is 0 Å². The Morgan fingerprint density at radius 2 is 1.85 bits per heavy atom. The highest BCUT2D eigenvalue weighted by atomic mass is 35.5. The Balaban J connectivity index is 1.32. The molecule has 1 N–H and O–H groups in total. The molecule has 2 aromatic carbocycles. The fourth-order valence-corrected chi connectivity index (χ4v) is 3.79. The van der Waals surface area contributed by atoms with Crippen LogP contribution < -0.4 is 10.2 Å². The predicted molar refractivity (Wildman–Crippen MR) is 106 cm³/mol. The number of fused-ring (bicyclic) bond motifs is 1. The van der Waals surface area contributed by atoms with E-state index in [-0.39, 0.29) is 5.91 Å². The fraction of sp³-hybridized carbons (Fsp3) is 0.278. The highest BCUT2D eigenvalue weighted by Gasteiger charge is 2.19. The maximum Gasteiger partial charge on any atom is 0.238 e. The van der Waals surface area contributed by atoms with Crippen LogP contribution in [0.15, 0.2) is 42.5 Å². The summed E-state index contributed by atoms with van der Waals surface area (Å²) in [6.07, 6.45) is 0. The minimum atomic E-state index is -0.0227. The molecular weight excluding hydrogens is 370 g/mol. The first-order chi connectivity index (χ1) is 12.7. The summed E-state index contributed by atoms with van der Waals surface area (Å²) in [4.78, 5) is 16.9. The Morgan fingerprint density at radius 3 is 2.62 bits per heavy atom. The summed E-state index contributed by atoms with van der Waals surface area (Å²) < 4.78 is 8.45. The second-order valence-corrected chi connectivity index (χ2v) is 7.19. The van der Waals surface area contributed by atoms with Gasteiger partial charge in [0.2, 0.25) is 5.91 Å². The molecule has 6 nitrogen and oxygen atoms in total. The molecule has 8 heteroatoms. The summed E-state index contributed by atoms with van der Waals surface area (Å²) in [5, 5.41) is 3.71. The van der Waals surface area contributed by atoms with Crippen LogP contribution in [0.1, 0.15) is 0 Å². The highest BCUT2D eigenvalue weighted by Crippen LogP contribution is 2.22. The molecule has 1 aliphatic heterocycles. The molecule has 3 aromatic rings. The van der Waals surface area contributed by atoms with Crippen molar-refractivity contribution in [2.45, 2.75) is 0 Å². The minimum absolute atomic E-state index is 0.0227. The third kappa shape index (κ3) is 3.80. The number of hydrogen-bond donors (Lipinski definition) is 1. The first-order valence-corrected chi connectivity index (χ1v) is 9.54. The number of nitrogens with zero attached hydrogens (tertiary/aromatic N) is 4. The first-order valence-electron chi connectivity index (χ1n) is 8.43. The zero-order valence-electron chi connectivity index (χ0n) is 14.1. The van der Waals surface area contributed by atoms with E-state index in [2.05, 4.69) is 23.9 Å². The van der Waals surface area contributed by atoms with Crippen molar-refractivity contribution in [3.05, 3.63) is 47.5 Å². The molecule has 0 bridgehead atoms. The second-order valence-electron chi connectivity index (χ2n) is 6.23. The molecule has 26 heavy (non-hydrogen) atoms. The SMILES string of the molecule is O=C(CN1CCN(c2ccc(Cl)cc2)CC1)Nc1cccc2nsnc12. The molecular formula is C18H18ClN5OS. The number of hydrogen-bond acceptors (Lipinski definition) is 6. The van der Waals surface area contributed by atoms with Gasteiger partial charge in [-0.25, -0.2) is 0 Å². The molecule has 0 saturated carbocycles. The van der Waals surface area contributed by atoms with Crippen molar-refractivity contribution < 1.29 is 4.79 Å². The number of aromatic nitrogens is 2. The van der Waals surface area contributed by atoms with E-state index in [0.29, 0.717) is 6.54 Å². The van der Waals surface area contributed by atoms with Crippen LogP contribution >= 0.6 is 23.3 Å². The molecule has 4 rings (SSSR count). The van der Waals surface area contributed by atoms with Crippen molar-refractivity contribution in [3.63, 3.8) is 0 Å². The maximum atomic E-state index is 12.4. The Kier molecular flexibility index (Phi) is 5.01. The summed E-state index contributed by atoms with van der Waals surface area (Å²) in [5.74, 6) is -0.0227. The van der Waals surface area contributed by atoms with Gasteiger partial charge in [0.25, 0.3) is 0 Å². The van der Waals surface area contributed by atoms with Crippen LogP contribution in [0, 0.1) is 0 Å². The number of anilines is 2. The lowest BCUT2D eigenvalue weighted by atomic mass is 10.2. The van der Waals surface area contributed by atoms with Gasteiger partial charge in [0.05, 0.1) is 24.0 Å². The van der Waals surface area contributed by atoms with Crippen LogP contribution in [0.25, 0.3) is 11.0 Å². The average molecular weight is 388 g/mol. The number of rotatable bonds is 4. The molecule has 0 atom stereocenters. The summed E-state index contributed by atoms with van der Waals surface area (Å²) in [6, 6.07) is 13.5. The normalized spacial score (nSPS) is 15.3. The summed E-state index contributed by atoms with van der Waals surface area (Å²) >= 11 is 7.10. The number of piperazine rings is 1. The first kappa shape index (κ1) is 17.2. The Labute approximate surface area is 160 Å². The van der Waals surface area contributed by atoms with Gasteiger partial charge in [-0.1, -0.05) is 17.7 Å². The van der Waals surface area contributed by atoms with Crippen LogP contribution in [-0.2, 0) is 4.79 Å². The molecule has 1 aliphatic rings. The summed E-state index contributed by atoms with van der Waals surface area (Å²) in [5.41, 5.74) is 3.45. The monoisotopic (exact) mass is 387 g/mol. The van der Waals surface area contributed by atoms with E-state index in [1.807, 2.05) is 42.5 Å². The van der Waals surface area contributed by atoms with Crippen LogP contribution in [0.3, 0.4) is 0 Å². The van der Waals surface area contributed by atoms with Gasteiger partial charge < -0.3 is 10.2 Å². The largest absolute Gasteiger partial charge is 0.369 e. The minimum Gasteiger partial charge on any atom is -0.369 e. The van der Waals surface area contributed by atoms with Crippen molar-refractivity contribution in [3.8, 4) is 0 Å². The highest BCUT2D eigenvalue weighted by molar-refractivity contribution is 7.00. The van der Waals surface area contributed by atoms with Gasteiger partial charge >= 0.3 is 0 Å². The van der Waals surface area contributed by atoms with E-state index >= 15 is 0 Å². The van der Waals surface area contributed by atoms with Crippen molar-refractivity contribution in [2.24, 2.45) is 0 Å². The lowest BCUT2D eigenvalue weighted by molar-refractivity contribution is -0.117. The number of carbonyl (C=O) groups excluding carboxylic acids is 1. The number of halogens is 1. The fourth-order valence-electron chi connectivity index (χ4n) is 3.12. The van der Waals surface area contributed by atoms with E-state index in [9.17, 15) is 4.79 Å². The molecule has 134 valence electrons. The van der Waals surface area contributed by atoms with E-state index in [0.717, 1.165) is 59.7 Å². The van der Waals surface area contributed by atoms with Gasteiger partial charge in [0.1, 0.15) is 11.0 Å². The molecule has 0 unspecified atom stereocenters. The van der Waals surface area contributed by atoms with Gasteiger partial charge in [0.15, 0.2) is 0 Å². The Bertz CT molecular complexity index is 905. The van der Waals surface area contributed by atoms with Gasteiger partial charge in [-0.3, -0.25) is 9.69 Å². The zero-order valence-corrected chi connectivity index (χ0v) is 15.6. The lowest BCUT2D eigenvalue weighted by Gasteiger charge is -2.35. The molecule has 1 saturated heterocycles. The van der Waals surface area contributed by atoms with Crippen molar-refractivity contribution >= 4 is 51.6 Å². The summed E-state index contributed by atoms with van der Waals surface area (Å²) in [7, 11) is 0. The lowest BCUT2D eigenvalue weighted by Crippen LogP contribution is -2.48. The number of benzene rings is 2. The second kappa shape index (κ2) is 7.57. The smallest absolute Gasteiger partial charge is 0.238 e. The van der Waals surface area contributed by atoms with Gasteiger partial charge in [-0.15, -0.1) is 0 Å². The Morgan fingerprint density at radius 1 is 1.08 bits per heavy atom. The number of carbonyl (C=O) groups is 1. The third-order valence-electron chi connectivity index (χ3n) is 4.49. The standard InChI is InChI=1S/C18H18ClN5OS/c19-13-4-6-14(7-5-13)24-10-8-23(9-11-24)12-17(25)20-15-2-1-3-16-18(15)22-26-21-16/h1-7H,8-12H2,(H,20,25). The topological polar surface area (TPSA) is 61.4 Å². The molecule has 1 aromatic heterocycles. The molecule has 2 heterocycles. The van der Waals surface area contributed by atoms with Crippen molar-refractivity contribution in [1.82, 2.24) is 13.6 Å². The molecule has 0 radical (unpaired) electrons. The quantitative estimate of drug-likeness (QED) is 0.745. The number of nitrogens with one attached hydrogen (secondary N) is 1. The number of amides is 1. The van der Waals surface area contributed by atoms with Crippen LogP contribution in [0.5, 0.6) is 0 Å². The molecule has 0 spiro atoms. The van der Waals surface area contributed by atoms with Crippen LogP contribution in [0.4, 0.5) is 11.4 Å². The third-order valence-corrected chi connectivity index (χ3v) is 5.29. The van der Waals surface area contributed by atoms with E-state index in [1.54, 1.807) is 0 Å². The maximum absolute atomic E-state index is 12.4. The van der Waals surface area contributed by atoms with E-state index in [1.165, 1.54) is 5.69 Å².